The average Bonchev–Trinajstić information content (AvgIpc) is 2.54. The number of benzene rings is 1. The highest BCUT2D eigenvalue weighted by atomic mass is 19.1. The van der Waals surface area contributed by atoms with Crippen LogP contribution in [0, 0.1) is 11.7 Å². The van der Waals surface area contributed by atoms with Crippen molar-refractivity contribution in [3.63, 3.8) is 0 Å². The molecule has 23 heavy (non-hydrogen) atoms. The van der Waals surface area contributed by atoms with E-state index in [0.29, 0.717) is 31.9 Å². The fourth-order valence-electron chi connectivity index (χ4n) is 2.58. The van der Waals surface area contributed by atoms with Crippen LogP contribution >= 0.6 is 0 Å². The Labute approximate surface area is 136 Å². The fraction of sp³-hybridized carbons (Fsp3) is 0.529. The van der Waals surface area contributed by atoms with Crippen molar-refractivity contribution < 1.29 is 14.0 Å². The van der Waals surface area contributed by atoms with Gasteiger partial charge in [0.1, 0.15) is 5.82 Å². The van der Waals surface area contributed by atoms with E-state index in [1.807, 2.05) is 23.6 Å². The lowest BCUT2D eigenvalue weighted by Crippen LogP contribution is -2.51. The molecule has 1 atom stereocenters. The van der Waals surface area contributed by atoms with Gasteiger partial charge in [0.25, 0.3) is 0 Å². The van der Waals surface area contributed by atoms with Gasteiger partial charge in [0.2, 0.25) is 11.8 Å². The van der Waals surface area contributed by atoms with Gasteiger partial charge in [-0.2, -0.15) is 0 Å². The minimum atomic E-state index is -0.375. The second kappa shape index (κ2) is 8.06. The molecule has 1 N–H and O–H groups in total. The van der Waals surface area contributed by atoms with Crippen molar-refractivity contribution in [1.82, 2.24) is 9.80 Å². The predicted octanol–water partition coefficient (Wildman–Crippen LogP) is 1.95. The van der Waals surface area contributed by atoms with Crippen LogP contribution in [0.5, 0.6) is 0 Å². The maximum Gasteiger partial charge on any atom is 0.238 e. The van der Waals surface area contributed by atoms with Gasteiger partial charge in [-0.1, -0.05) is 19.9 Å². The number of piperazine rings is 1. The minimum Gasteiger partial charge on any atom is -0.340 e. The zero-order valence-corrected chi connectivity index (χ0v) is 13.7. The van der Waals surface area contributed by atoms with Crippen LogP contribution in [0.1, 0.15) is 20.3 Å². The first kappa shape index (κ1) is 17.4. The van der Waals surface area contributed by atoms with Crippen LogP contribution < -0.4 is 5.32 Å². The predicted molar refractivity (Wildman–Crippen MR) is 87.5 cm³/mol. The van der Waals surface area contributed by atoms with Crippen LogP contribution in [-0.4, -0.2) is 54.3 Å². The van der Waals surface area contributed by atoms with Crippen LogP contribution in [0.4, 0.5) is 10.1 Å². The third-order valence-corrected chi connectivity index (χ3v) is 4.19. The van der Waals surface area contributed by atoms with E-state index in [1.165, 1.54) is 12.1 Å². The number of amides is 2. The summed E-state index contributed by atoms with van der Waals surface area (Å²) in [6.07, 6.45) is 0.842. The molecule has 0 saturated carbocycles. The van der Waals surface area contributed by atoms with Crippen LogP contribution in [0.3, 0.4) is 0 Å². The summed E-state index contributed by atoms with van der Waals surface area (Å²) in [4.78, 5) is 28.0. The van der Waals surface area contributed by atoms with E-state index >= 15 is 0 Å². The molecule has 5 nitrogen and oxygen atoms in total. The van der Waals surface area contributed by atoms with Gasteiger partial charge in [0, 0.05) is 37.8 Å². The summed E-state index contributed by atoms with van der Waals surface area (Å²) >= 11 is 0. The third-order valence-electron chi connectivity index (χ3n) is 4.19. The summed E-state index contributed by atoms with van der Waals surface area (Å²) in [6.45, 7) is 6.86. The summed E-state index contributed by atoms with van der Waals surface area (Å²) in [5.41, 5.74) is 0.459. The molecular weight excluding hydrogens is 297 g/mol. The van der Waals surface area contributed by atoms with Gasteiger partial charge >= 0.3 is 0 Å². The molecule has 1 fully saturated rings. The van der Waals surface area contributed by atoms with E-state index in [1.54, 1.807) is 12.1 Å². The van der Waals surface area contributed by atoms with Gasteiger partial charge < -0.3 is 10.2 Å². The Kier molecular flexibility index (Phi) is 6.10. The van der Waals surface area contributed by atoms with Crippen molar-refractivity contribution in [2.24, 2.45) is 5.92 Å². The lowest BCUT2D eigenvalue weighted by atomic mass is 10.1. The zero-order valence-electron chi connectivity index (χ0n) is 13.7. The highest BCUT2D eigenvalue weighted by molar-refractivity contribution is 5.92. The van der Waals surface area contributed by atoms with E-state index in [2.05, 4.69) is 5.32 Å². The quantitative estimate of drug-likeness (QED) is 0.902. The smallest absolute Gasteiger partial charge is 0.238 e. The molecule has 1 aromatic rings. The first-order valence-electron chi connectivity index (χ1n) is 8.06. The largest absolute Gasteiger partial charge is 0.340 e. The lowest BCUT2D eigenvalue weighted by molar-refractivity contribution is -0.136. The van der Waals surface area contributed by atoms with Crippen LogP contribution in [0.2, 0.25) is 0 Å². The average molecular weight is 321 g/mol. The van der Waals surface area contributed by atoms with Crippen molar-refractivity contribution in [2.75, 3.05) is 38.0 Å². The maximum atomic E-state index is 13.1. The Bertz CT molecular complexity index is 557. The van der Waals surface area contributed by atoms with E-state index in [-0.39, 0.29) is 30.1 Å². The minimum absolute atomic E-state index is 0.0535. The second-order valence-corrected chi connectivity index (χ2v) is 5.97. The molecule has 1 saturated heterocycles. The zero-order chi connectivity index (χ0) is 16.8. The van der Waals surface area contributed by atoms with Crippen molar-refractivity contribution in [2.45, 2.75) is 20.3 Å². The normalized spacial score (nSPS) is 16.9. The van der Waals surface area contributed by atoms with E-state index in [0.717, 1.165) is 6.42 Å². The SMILES string of the molecule is CCC(C)C(=O)N1CCN(CC(=O)Nc2cccc(F)c2)CC1. The molecular formula is C17H24FN3O2. The Morgan fingerprint density at radius 2 is 1.96 bits per heavy atom. The Balaban J connectivity index is 1.77. The van der Waals surface area contributed by atoms with Crippen LogP contribution in [0.15, 0.2) is 24.3 Å². The number of anilines is 1. The van der Waals surface area contributed by atoms with Gasteiger partial charge in [-0.15, -0.1) is 0 Å². The topological polar surface area (TPSA) is 52.7 Å². The molecule has 1 unspecified atom stereocenters. The highest BCUT2D eigenvalue weighted by Crippen LogP contribution is 2.11. The summed E-state index contributed by atoms with van der Waals surface area (Å²) in [5.74, 6) is -0.300. The maximum absolute atomic E-state index is 13.1. The van der Waals surface area contributed by atoms with E-state index < -0.39 is 0 Å². The Morgan fingerprint density at radius 1 is 1.26 bits per heavy atom. The van der Waals surface area contributed by atoms with Crippen LogP contribution in [0.25, 0.3) is 0 Å². The highest BCUT2D eigenvalue weighted by Gasteiger charge is 2.24. The molecule has 0 bridgehead atoms. The van der Waals surface area contributed by atoms with Gasteiger partial charge in [0.15, 0.2) is 0 Å². The molecule has 0 aliphatic carbocycles. The summed E-state index contributed by atoms with van der Waals surface area (Å²) in [5, 5.41) is 2.69. The Hall–Kier alpha value is -1.95. The molecule has 6 heteroatoms. The van der Waals surface area contributed by atoms with Gasteiger partial charge in [0.05, 0.1) is 6.54 Å². The first-order valence-corrected chi connectivity index (χ1v) is 8.06. The number of hydrogen-bond acceptors (Lipinski definition) is 3. The molecule has 1 aliphatic heterocycles. The monoisotopic (exact) mass is 321 g/mol. The van der Waals surface area contributed by atoms with E-state index in [4.69, 9.17) is 0 Å². The molecule has 2 rings (SSSR count). The number of halogens is 1. The van der Waals surface area contributed by atoms with Gasteiger partial charge in [-0.25, -0.2) is 4.39 Å². The van der Waals surface area contributed by atoms with Crippen molar-refractivity contribution in [1.29, 1.82) is 0 Å². The molecule has 1 heterocycles. The first-order chi connectivity index (χ1) is 11.0. The van der Waals surface area contributed by atoms with Gasteiger partial charge in [-0.3, -0.25) is 14.5 Å². The number of rotatable bonds is 5. The molecule has 1 aromatic carbocycles. The fourth-order valence-corrected chi connectivity index (χ4v) is 2.58. The number of carbonyl (C=O) groups excluding carboxylic acids is 2. The number of carbonyl (C=O) groups is 2. The van der Waals surface area contributed by atoms with Crippen molar-refractivity contribution >= 4 is 17.5 Å². The molecule has 0 radical (unpaired) electrons. The number of hydrogen-bond donors (Lipinski definition) is 1. The van der Waals surface area contributed by atoms with Crippen LogP contribution in [-0.2, 0) is 9.59 Å². The number of nitrogens with one attached hydrogen (secondary N) is 1. The summed E-state index contributed by atoms with van der Waals surface area (Å²) in [6, 6.07) is 5.85. The Morgan fingerprint density at radius 3 is 2.57 bits per heavy atom. The van der Waals surface area contributed by atoms with Gasteiger partial charge in [-0.05, 0) is 24.6 Å². The summed E-state index contributed by atoms with van der Waals surface area (Å²) in [7, 11) is 0. The third kappa shape index (κ3) is 5.03. The standard InChI is InChI=1S/C17H24FN3O2/c1-3-13(2)17(23)21-9-7-20(8-10-21)12-16(22)19-15-6-4-5-14(18)11-15/h4-6,11,13H,3,7-10,12H2,1-2H3,(H,19,22). The lowest BCUT2D eigenvalue weighted by Gasteiger charge is -2.35. The second-order valence-electron chi connectivity index (χ2n) is 5.97. The molecule has 2 amide bonds. The molecule has 0 aromatic heterocycles. The molecule has 0 spiro atoms. The summed E-state index contributed by atoms with van der Waals surface area (Å²) < 4.78 is 13.1. The number of nitrogens with zero attached hydrogens (tertiary/aromatic N) is 2. The van der Waals surface area contributed by atoms with Crippen molar-refractivity contribution in [3.8, 4) is 0 Å². The molecule has 1 aliphatic rings. The van der Waals surface area contributed by atoms with E-state index in [9.17, 15) is 14.0 Å². The van der Waals surface area contributed by atoms with Crippen molar-refractivity contribution in [3.05, 3.63) is 30.1 Å². The molecule has 126 valence electrons.